The molecule has 0 aliphatic carbocycles. The van der Waals surface area contributed by atoms with Crippen LogP contribution in [-0.4, -0.2) is 11.1 Å². The molecule has 3 nitrogen and oxygen atoms in total. The summed E-state index contributed by atoms with van der Waals surface area (Å²) in [5.41, 5.74) is 1.08. The van der Waals surface area contributed by atoms with Gasteiger partial charge in [0.15, 0.2) is 0 Å². The second-order valence-corrected chi connectivity index (χ2v) is 9.19. The number of carbonyl (C=O) groups is 1. The zero-order chi connectivity index (χ0) is 18.8. The predicted octanol–water partition coefficient (Wildman–Crippen LogP) is 6.33. The molecule has 0 spiro atoms. The summed E-state index contributed by atoms with van der Waals surface area (Å²) in [4.78, 5) is 12.7. The highest BCUT2D eigenvalue weighted by Gasteiger charge is 2.33. The molecule has 6 heteroatoms. The maximum atomic E-state index is 12.7. The van der Waals surface area contributed by atoms with Gasteiger partial charge in [0, 0.05) is 16.3 Å². The lowest BCUT2D eigenvalue weighted by Crippen LogP contribution is -2.30. The first-order valence-electron chi connectivity index (χ1n) is 7.55. The number of esters is 1. The van der Waals surface area contributed by atoms with Crippen LogP contribution in [-0.2, 0) is 10.3 Å². The molecule has 2 aromatic carbocycles. The number of phenols is 1. The highest BCUT2D eigenvalue weighted by Crippen LogP contribution is 2.37. The molecule has 0 radical (unpaired) electrons. The van der Waals surface area contributed by atoms with Gasteiger partial charge in [-0.1, -0.05) is 25.6 Å². The minimum Gasteiger partial charge on any atom is -0.507 e. The third-order valence-corrected chi connectivity index (χ3v) is 7.70. The van der Waals surface area contributed by atoms with E-state index >= 15 is 0 Å². The van der Waals surface area contributed by atoms with E-state index in [1.54, 1.807) is 18.2 Å². The van der Waals surface area contributed by atoms with Crippen LogP contribution in [0.2, 0.25) is 0 Å². The molecular formula is C19H17I3O3. The second kappa shape index (κ2) is 8.55. The van der Waals surface area contributed by atoms with E-state index in [4.69, 9.17) is 4.74 Å². The van der Waals surface area contributed by atoms with E-state index in [-0.39, 0.29) is 11.3 Å². The molecule has 0 aliphatic rings. The molecule has 0 saturated carbocycles. The molecule has 0 aliphatic heterocycles. The minimum absolute atomic E-state index is 0.0963. The van der Waals surface area contributed by atoms with Crippen molar-refractivity contribution in [3.8, 4) is 5.75 Å². The maximum Gasteiger partial charge on any atom is 0.342 e. The summed E-state index contributed by atoms with van der Waals surface area (Å²) in [6, 6.07) is 8.90. The number of phenolic OH excluding ortho intramolecular Hbond substituents is 1. The maximum absolute atomic E-state index is 12.7. The number of carbonyl (C=O) groups excluding carboxylic acids is 1. The lowest BCUT2D eigenvalue weighted by Gasteiger charge is -2.30. The highest BCUT2D eigenvalue weighted by molar-refractivity contribution is 14.1. The van der Waals surface area contributed by atoms with Crippen molar-refractivity contribution < 1.29 is 14.6 Å². The van der Waals surface area contributed by atoms with Crippen molar-refractivity contribution in [3.05, 3.63) is 64.3 Å². The van der Waals surface area contributed by atoms with Gasteiger partial charge in [-0.3, -0.25) is 0 Å². The van der Waals surface area contributed by atoms with Crippen molar-refractivity contribution in [2.24, 2.45) is 0 Å². The summed E-state index contributed by atoms with van der Waals surface area (Å²) in [7, 11) is 0. The van der Waals surface area contributed by atoms with E-state index in [9.17, 15) is 9.90 Å². The van der Waals surface area contributed by atoms with Gasteiger partial charge in [-0.2, -0.15) is 0 Å². The average Bonchev–Trinajstić information content (AvgIpc) is 2.58. The molecule has 0 fully saturated rings. The monoisotopic (exact) mass is 674 g/mol. The fraction of sp³-hybridized carbons (Fsp3) is 0.211. The SMILES string of the molecule is C=Cc1ccc(O)c(C(=O)OC(C)(CC)c2cc(I)cc(I)c2I)c1. The van der Waals surface area contributed by atoms with Crippen LogP contribution in [0.15, 0.2) is 36.9 Å². The van der Waals surface area contributed by atoms with Crippen molar-refractivity contribution in [3.63, 3.8) is 0 Å². The molecule has 0 bridgehead atoms. The van der Waals surface area contributed by atoms with E-state index in [1.165, 1.54) is 6.07 Å². The van der Waals surface area contributed by atoms with Crippen LogP contribution in [0.1, 0.15) is 41.8 Å². The van der Waals surface area contributed by atoms with Crippen LogP contribution in [0.25, 0.3) is 6.08 Å². The predicted molar refractivity (Wildman–Crippen MR) is 126 cm³/mol. The van der Waals surface area contributed by atoms with E-state index in [0.29, 0.717) is 6.42 Å². The van der Waals surface area contributed by atoms with Crippen molar-refractivity contribution in [2.75, 3.05) is 0 Å². The van der Waals surface area contributed by atoms with E-state index in [2.05, 4.69) is 80.4 Å². The summed E-state index contributed by atoms with van der Waals surface area (Å²) in [6.07, 6.45) is 2.24. The average molecular weight is 674 g/mol. The van der Waals surface area contributed by atoms with Crippen LogP contribution in [0, 0.1) is 10.7 Å². The van der Waals surface area contributed by atoms with E-state index in [1.807, 2.05) is 19.9 Å². The first-order chi connectivity index (χ1) is 11.7. The summed E-state index contributed by atoms with van der Waals surface area (Å²) >= 11 is 6.84. The van der Waals surface area contributed by atoms with Crippen molar-refractivity contribution in [1.29, 1.82) is 0 Å². The molecule has 0 amide bonds. The number of halogens is 3. The third-order valence-electron chi connectivity index (χ3n) is 4.03. The van der Waals surface area contributed by atoms with Gasteiger partial charge in [0.2, 0.25) is 0 Å². The van der Waals surface area contributed by atoms with Gasteiger partial charge in [-0.25, -0.2) is 4.79 Å². The topological polar surface area (TPSA) is 46.5 Å². The summed E-state index contributed by atoms with van der Waals surface area (Å²) < 4.78 is 9.16. The van der Waals surface area contributed by atoms with Gasteiger partial charge in [0.1, 0.15) is 16.9 Å². The number of rotatable bonds is 5. The summed E-state index contributed by atoms with van der Waals surface area (Å²) in [5, 5.41) is 10.0. The van der Waals surface area contributed by atoms with Crippen LogP contribution in [0.5, 0.6) is 5.75 Å². The second-order valence-electron chi connectivity index (χ2n) is 5.70. The Morgan fingerprint density at radius 1 is 1.28 bits per heavy atom. The Kier molecular flexibility index (Phi) is 7.17. The molecular weight excluding hydrogens is 657 g/mol. The number of hydrogen-bond acceptors (Lipinski definition) is 3. The Morgan fingerprint density at radius 3 is 2.56 bits per heavy atom. The van der Waals surface area contributed by atoms with E-state index in [0.717, 1.165) is 21.8 Å². The smallest absolute Gasteiger partial charge is 0.342 e. The molecule has 1 atom stereocenters. The molecule has 0 aromatic heterocycles. The molecule has 2 rings (SSSR count). The van der Waals surface area contributed by atoms with Crippen molar-refractivity contribution in [1.82, 2.24) is 0 Å². The summed E-state index contributed by atoms with van der Waals surface area (Å²) in [6.45, 7) is 7.58. The number of aromatic hydroxyl groups is 1. The summed E-state index contributed by atoms with van der Waals surface area (Å²) in [5.74, 6) is -0.642. The molecule has 132 valence electrons. The quantitative estimate of drug-likeness (QED) is 0.229. The normalized spacial score (nSPS) is 13.2. The van der Waals surface area contributed by atoms with Gasteiger partial charge in [-0.05, 0) is 111 Å². The Labute approximate surface area is 188 Å². The Morgan fingerprint density at radius 2 is 1.96 bits per heavy atom. The number of ether oxygens (including phenoxy) is 1. The first kappa shape index (κ1) is 20.9. The largest absolute Gasteiger partial charge is 0.507 e. The Bertz CT molecular complexity index is 833. The Balaban J connectivity index is 2.45. The molecule has 25 heavy (non-hydrogen) atoms. The first-order valence-corrected chi connectivity index (χ1v) is 10.8. The molecule has 0 saturated heterocycles. The van der Waals surface area contributed by atoms with Crippen LogP contribution in [0.3, 0.4) is 0 Å². The minimum atomic E-state index is -0.786. The zero-order valence-corrected chi connectivity index (χ0v) is 20.2. The van der Waals surface area contributed by atoms with Gasteiger partial charge in [0.25, 0.3) is 0 Å². The fourth-order valence-corrected chi connectivity index (χ4v) is 5.09. The number of hydrogen-bond donors (Lipinski definition) is 1. The lowest BCUT2D eigenvalue weighted by molar-refractivity contribution is -0.0148. The molecule has 2 aromatic rings. The third kappa shape index (κ3) is 4.68. The lowest BCUT2D eigenvalue weighted by atomic mass is 9.93. The van der Waals surface area contributed by atoms with Gasteiger partial charge in [0.05, 0.1) is 0 Å². The van der Waals surface area contributed by atoms with E-state index < -0.39 is 11.6 Å². The number of benzene rings is 2. The highest BCUT2D eigenvalue weighted by atomic mass is 127. The molecule has 0 heterocycles. The van der Waals surface area contributed by atoms with Crippen molar-refractivity contribution in [2.45, 2.75) is 25.9 Å². The standard InChI is InChI=1S/C19H17I3O3/c1-4-11-6-7-16(23)13(8-11)18(24)25-19(3,5-2)14-9-12(20)10-15(21)17(14)22/h4,6-10,23H,1,5H2,2-3H3. The van der Waals surface area contributed by atoms with Crippen LogP contribution >= 0.6 is 67.8 Å². The Hall–Kier alpha value is -0.360. The van der Waals surface area contributed by atoms with Crippen LogP contribution in [0.4, 0.5) is 0 Å². The fourth-order valence-electron chi connectivity index (χ4n) is 2.36. The van der Waals surface area contributed by atoms with Crippen LogP contribution < -0.4 is 0 Å². The molecule has 1 N–H and O–H groups in total. The van der Waals surface area contributed by atoms with Gasteiger partial charge in [-0.15, -0.1) is 0 Å². The molecule has 1 unspecified atom stereocenters. The van der Waals surface area contributed by atoms with Gasteiger partial charge < -0.3 is 9.84 Å². The van der Waals surface area contributed by atoms with Crippen molar-refractivity contribution >= 4 is 79.8 Å². The zero-order valence-electron chi connectivity index (χ0n) is 13.8. The van der Waals surface area contributed by atoms with Gasteiger partial charge >= 0.3 is 5.97 Å².